The first-order valence-corrected chi connectivity index (χ1v) is 6.54. The first kappa shape index (κ1) is 17.7. The Morgan fingerprint density at radius 3 is 2.33 bits per heavy atom. The summed E-state index contributed by atoms with van der Waals surface area (Å²) >= 11 is 0. The fraction of sp³-hybridized carbons (Fsp3) is 0.923. The summed E-state index contributed by atoms with van der Waals surface area (Å²) in [4.78, 5) is 14.5. The summed E-state index contributed by atoms with van der Waals surface area (Å²) in [6.07, 6.45) is 1.60. The molecule has 2 N–H and O–H groups in total. The molecule has 1 aliphatic heterocycles. The number of nitrogens with two attached hydrogens (primary N) is 1. The Hall–Kier alpha value is -0.320. The third kappa shape index (κ3) is 3.59. The van der Waals surface area contributed by atoms with E-state index in [0.717, 1.165) is 12.8 Å². The van der Waals surface area contributed by atoms with Gasteiger partial charge in [-0.25, -0.2) is 0 Å². The van der Waals surface area contributed by atoms with Crippen LogP contribution in [0.3, 0.4) is 0 Å². The average Bonchev–Trinajstić information content (AvgIpc) is 2.30. The second-order valence-corrected chi connectivity index (χ2v) is 5.53. The molecule has 1 heterocycles. The predicted octanol–water partition coefficient (Wildman–Crippen LogP) is 1.81. The van der Waals surface area contributed by atoms with Gasteiger partial charge in [0.05, 0.1) is 17.6 Å². The summed E-state index contributed by atoms with van der Waals surface area (Å²) in [5, 5.41) is 0. The molecule has 1 aliphatic rings. The van der Waals surface area contributed by atoms with Crippen LogP contribution >= 0.6 is 12.4 Å². The second kappa shape index (κ2) is 6.73. The molecule has 0 atom stereocenters. The van der Waals surface area contributed by atoms with Crippen LogP contribution in [0.15, 0.2) is 0 Å². The van der Waals surface area contributed by atoms with Gasteiger partial charge in [-0.1, -0.05) is 13.8 Å². The monoisotopic (exact) mass is 278 g/mol. The standard InChI is InChI=1S/C13H26N2O2.ClH/c1-5-13(6-2,9-14)11(16)15-7-8-17-12(3,4)10-15;/h5-10,14H2,1-4H3;1H. The van der Waals surface area contributed by atoms with E-state index in [1.54, 1.807) is 0 Å². The highest BCUT2D eigenvalue weighted by molar-refractivity contribution is 5.85. The van der Waals surface area contributed by atoms with E-state index in [9.17, 15) is 4.79 Å². The SMILES string of the molecule is CCC(CC)(CN)C(=O)N1CCOC(C)(C)C1.Cl. The predicted molar refractivity (Wildman–Crippen MR) is 75.9 cm³/mol. The number of halogens is 1. The summed E-state index contributed by atoms with van der Waals surface area (Å²) in [5.74, 6) is 0.196. The van der Waals surface area contributed by atoms with Gasteiger partial charge < -0.3 is 15.4 Å². The molecule has 1 fully saturated rings. The zero-order chi connectivity index (χ0) is 13.1. The summed E-state index contributed by atoms with van der Waals surface area (Å²) < 4.78 is 5.63. The minimum absolute atomic E-state index is 0. The second-order valence-electron chi connectivity index (χ2n) is 5.53. The Kier molecular flexibility index (Phi) is 6.61. The molecule has 0 aromatic rings. The number of hydrogen-bond donors (Lipinski definition) is 1. The lowest BCUT2D eigenvalue weighted by Gasteiger charge is -2.42. The number of carbonyl (C=O) groups is 1. The van der Waals surface area contributed by atoms with Crippen LogP contribution < -0.4 is 5.73 Å². The third-order valence-electron chi connectivity index (χ3n) is 3.91. The summed E-state index contributed by atoms with van der Waals surface area (Å²) in [6.45, 7) is 10.5. The van der Waals surface area contributed by atoms with Crippen molar-refractivity contribution in [1.29, 1.82) is 0 Å². The Balaban J connectivity index is 0.00000289. The Bertz CT molecular complexity index is 270. The number of ether oxygens (including phenoxy) is 1. The van der Waals surface area contributed by atoms with Crippen LogP contribution in [0.4, 0.5) is 0 Å². The Labute approximate surface area is 117 Å². The van der Waals surface area contributed by atoms with E-state index >= 15 is 0 Å². The number of amides is 1. The first-order chi connectivity index (χ1) is 7.90. The van der Waals surface area contributed by atoms with Gasteiger partial charge in [0.1, 0.15) is 0 Å². The van der Waals surface area contributed by atoms with Crippen LogP contribution in [-0.4, -0.2) is 42.6 Å². The molecule has 0 aromatic carbocycles. The van der Waals surface area contributed by atoms with Crippen molar-refractivity contribution in [3.8, 4) is 0 Å². The smallest absolute Gasteiger partial charge is 0.230 e. The van der Waals surface area contributed by atoms with Gasteiger partial charge in [-0.3, -0.25) is 4.79 Å². The van der Waals surface area contributed by atoms with Crippen molar-refractivity contribution >= 4 is 18.3 Å². The molecule has 0 unspecified atom stereocenters. The molecule has 0 aliphatic carbocycles. The fourth-order valence-corrected chi connectivity index (χ4v) is 2.45. The van der Waals surface area contributed by atoms with Gasteiger partial charge in [-0.15, -0.1) is 12.4 Å². The van der Waals surface area contributed by atoms with Crippen molar-refractivity contribution in [2.75, 3.05) is 26.2 Å². The molecule has 18 heavy (non-hydrogen) atoms. The minimum Gasteiger partial charge on any atom is -0.372 e. The summed E-state index contributed by atoms with van der Waals surface area (Å²) in [5.41, 5.74) is 5.20. The van der Waals surface area contributed by atoms with E-state index < -0.39 is 0 Å². The van der Waals surface area contributed by atoms with Crippen LogP contribution in [0, 0.1) is 5.41 Å². The maximum absolute atomic E-state index is 12.6. The van der Waals surface area contributed by atoms with Crippen LogP contribution in [0.5, 0.6) is 0 Å². The molecule has 0 bridgehead atoms. The minimum atomic E-state index is -0.382. The number of morpholine rings is 1. The summed E-state index contributed by atoms with van der Waals surface area (Å²) in [7, 11) is 0. The van der Waals surface area contributed by atoms with E-state index in [4.69, 9.17) is 10.5 Å². The van der Waals surface area contributed by atoms with Gasteiger partial charge in [-0.2, -0.15) is 0 Å². The number of carbonyl (C=O) groups excluding carboxylic acids is 1. The van der Waals surface area contributed by atoms with Gasteiger partial charge >= 0.3 is 0 Å². The van der Waals surface area contributed by atoms with Crippen molar-refractivity contribution in [3.63, 3.8) is 0 Å². The normalized spacial score (nSPS) is 19.3. The molecule has 0 saturated carbocycles. The third-order valence-corrected chi connectivity index (χ3v) is 3.91. The van der Waals surface area contributed by atoms with Gasteiger partial charge in [0.25, 0.3) is 0 Å². The highest BCUT2D eigenvalue weighted by Gasteiger charge is 2.40. The maximum Gasteiger partial charge on any atom is 0.230 e. The van der Waals surface area contributed by atoms with Crippen LogP contribution in [0.25, 0.3) is 0 Å². The number of hydrogen-bond acceptors (Lipinski definition) is 3. The first-order valence-electron chi connectivity index (χ1n) is 6.54. The lowest BCUT2D eigenvalue weighted by atomic mass is 9.80. The molecule has 4 nitrogen and oxygen atoms in total. The fourth-order valence-electron chi connectivity index (χ4n) is 2.45. The highest BCUT2D eigenvalue weighted by atomic mass is 35.5. The maximum atomic E-state index is 12.6. The van der Waals surface area contributed by atoms with Crippen molar-refractivity contribution in [3.05, 3.63) is 0 Å². The van der Waals surface area contributed by atoms with Gasteiger partial charge in [-0.05, 0) is 26.7 Å². The quantitative estimate of drug-likeness (QED) is 0.853. The molecule has 5 heteroatoms. The van der Waals surface area contributed by atoms with Gasteiger partial charge in [0.2, 0.25) is 5.91 Å². The Morgan fingerprint density at radius 1 is 1.39 bits per heavy atom. The number of nitrogens with zero attached hydrogens (tertiary/aromatic N) is 1. The largest absolute Gasteiger partial charge is 0.372 e. The molecule has 0 spiro atoms. The van der Waals surface area contributed by atoms with E-state index in [1.807, 2.05) is 32.6 Å². The van der Waals surface area contributed by atoms with Crippen LogP contribution in [0.2, 0.25) is 0 Å². The van der Waals surface area contributed by atoms with Crippen molar-refractivity contribution < 1.29 is 9.53 Å². The molecular weight excluding hydrogens is 252 g/mol. The molecule has 1 saturated heterocycles. The van der Waals surface area contributed by atoms with E-state index in [0.29, 0.717) is 26.2 Å². The van der Waals surface area contributed by atoms with Crippen molar-refractivity contribution in [2.24, 2.45) is 11.1 Å². The van der Waals surface area contributed by atoms with Crippen LogP contribution in [-0.2, 0) is 9.53 Å². The highest BCUT2D eigenvalue weighted by Crippen LogP contribution is 2.29. The summed E-state index contributed by atoms with van der Waals surface area (Å²) in [6, 6.07) is 0. The number of rotatable bonds is 4. The molecule has 1 amide bonds. The molecular formula is C13H27ClN2O2. The molecule has 0 radical (unpaired) electrons. The topological polar surface area (TPSA) is 55.6 Å². The van der Waals surface area contributed by atoms with E-state index in [-0.39, 0.29) is 29.3 Å². The molecule has 1 rings (SSSR count). The molecule has 0 aromatic heterocycles. The zero-order valence-electron chi connectivity index (χ0n) is 12.0. The van der Waals surface area contributed by atoms with Crippen molar-refractivity contribution in [1.82, 2.24) is 4.90 Å². The van der Waals surface area contributed by atoms with Crippen molar-refractivity contribution in [2.45, 2.75) is 46.1 Å². The zero-order valence-corrected chi connectivity index (χ0v) is 12.8. The van der Waals surface area contributed by atoms with E-state index in [2.05, 4.69) is 0 Å². The molecule has 108 valence electrons. The van der Waals surface area contributed by atoms with Crippen LogP contribution in [0.1, 0.15) is 40.5 Å². The average molecular weight is 279 g/mol. The lowest BCUT2D eigenvalue weighted by Crippen LogP contribution is -2.56. The van der Waals surface area contributed by atoms with E-state index in [1.165, 1.54) is 0 Å². The van der Waals surface area contributed by atoms with Gasteiger partial charge in [0, 0.05) is 19.6 Å². The lowest BCUT2D eigenvalue weighted by molar-refractivity contribution is -0.156. The Morgan fingerprint density at radius 2 is 1.94 bits per heavy atom. The van der Waals surface area contributed by atoms with Gasteiger partial charge in [0.15, 0.2) is 0 Å².